The molecule has 3 aliphatic rings. The lowest BCUT2D eigenvalue weighted by Gasteiger charge is -2.39. The van der Waals surface area contributed by atoms with E-state index in [1.807, 2.05) is 6.07 Å². The van der Waals surface area contributed by atoms with Crippen LogP contribution in [0, 0.1) is 5.82 Å². The van der Waals surface area contributed by atoms with Crippen LogP contribution in [0.1, 0.15) is 30.9 Å². The number of benzene rings is 1. The Morgan fingerprint density at radius 2 is 2.10 bits per heavy atom. The number of nitrogens with zero attached hydrogens (tertiary/aromatic N) is 1. The van der Waals surface area contributed by atoms with Crippen LogP contribution in [0.15, 0.2) is 12.1 Å². The van der Waals surface area contributed by atoms with E-state index in [2.05, 4.69) is 39.3 Å². The lowest BCUT2D eigenvalue weighted by atomic mass is 9.96. The van der Waals surface area contributed by atoms with Gasteiger partial charge >= 0.3 is 0 Å². The highest BCUT2D eigenvalue weighted by atomic mass is 19.1. The number of ether oxygens (including phenoxy) is 1. The first-order chi connectivity index (χ1) is 14.0. The lowest BCUT2D eigenvalue weighted by molar-refractivity contribution is 0.116. The first kappa shape index (κ1) is 20.5. The van der Waals surface area contributed by atoms with Crippen LogP contribution in [-0.4, -0.2) is 63.4 Å². The second kappa shape index (κ2) is 8.55. The van der Waals surface area contributed by atoms with E-state index in [0.717, 1.165) is 43.5 Å². The van der Waals surface area contributed by atoms with Crippen LogP contribution in [0.2, 0.25) is 0 Å². The largest absolute Gasteiger partial charge is 0.492 e. The topological polar surface area (TPSA) is 60.6 Å². The Morgan fingerprint density at radius 1 is 1.28 bits per heavy atom. The van der Waals surface area contributed by atoms with E-state index in [1.165, 1.54) is 0 Å². The van der Waals surface area contributed by atoms with Crippen LogP contribution in [0.5, 0.6) is 5.75 Å². The standard InChI is InChI=1S/C21H31F2N5O/c1-12-17(22)20(24-2)27-21(25-12)26-15-11-14-7-10-29-19(14)16(18(15)23)13-5-4-8-28(3)9-6-13/h6,11-12,17,20-21,24-27H,4-5,7-10H2,1-3H3. The van der Waals surface area contributed by atoms with Crippen LogP contribution in [-0.2, 0) is 6.42 Å². The smallest absolute Gasteiger partial charge is 0.157 e. The van der Waals surface area contributed by atoms with Crippen molar-refractivity contribution in [1.29, 1.82) is 0 Å². The minimum atomic E-state index is -1.08. The Labute approximate surface area is 171 Å². The highest BCUT2D eigenvalue weighted by Crippen LogP contribution is 2.41. The van der Waals surface area contributed by atoms with Gasteiger partial charge in [-0.25, -0.2) is 8.78 Å². The number of fused-ring (bicyclic) bond motifs is 1. The lowest BCUT2D eigenvalue weighted by Crippen LogP contribution is -2.69. The summed E-state index contributed by atoms with van der Waals surface area (Å²) in [5.74, 6) is 0.375. The van der Waals surface area contributed by atoms with E-state index in [1.54, 1.807) is 14.0 Å². The maximum Gasteiger partial charge on any atom is 0.157 e. The molecule has 1 aromatic carbocycles. The number of hydrogen-bond acceptors (Lipinski definition) is 6. The minimum Gasteiger partial charge on any atom is -0.492 e. The number of nitrogens with one attached hydrogen (secondary N) is 4. The van der Waals surface area contributed by atoms with E-state index < -0.39 is 18.6 Å². The van der Waals surface area contributed by atoms with E-state index >= 15 is 4.39 Å². The van der Waals surface area contributed by atoms with E-state index in [-0.39, 0.29) is 11.9 Å². The molecule has 0 spiro atoms. The van der Waals surface area contributed by atoms with Crippen LogP contribution >= 0.6 is 0 Å². The van der Waals surface area contributed by atoms with Crippen LogP contribution < -0.4 is 26.0 Å². The molecular weight excluding hydrogens is 376 g/mol. The molecule has 0 aromatic heterocycles. The van der Waals surface area contributed by atoms with Gasteiger partial charge in [0.05, 0.1) is 24.0 Å². The molecular formula is C21H31F2N5O. The maximum absolute atomic E-state index is 15.7. The Kier molecular flexibility index (Phi) is 6.06. The molecule has 1 fully saturated rings. The molecule has 3 heterocycles. The maximum atomic E-state index is 15.7. The summed E-state index contributed by atoms with van der Waals surface area (Å²) in [6.07, 6.45) is 2.64. The van der Waals surface area contributed by atoms with E-state index in [9.17, 15) is 4.39 Å². The number of allylic oxidation sites excluding steroid dienone is 1. The predicted octanol–water partition coefficient (Wildman–Crippen LogP) is 2.03. The fourth-order valence-corrected chi connectivity index (χ4v) is 4.37. The quantitative estimate of drug-likeness (QED) is 0.613. The summed E-state index contributed by atoms with van der Waals surface area (Å²) in [6, 6.07) is 1.46. The Morgan fingerprint density at radius 3 is 2.90 bits per heavy atom. The molecule has 4 atom stereocenters. The summed E-state index contributed by atoms with van der Waals surface area (Å²) in [7, 11) is 3.78. The van der Waals surface area contributed by atoms with Crippen LogP contribution in [0.3, 0.4) is 0 Å². The molecule has 3 aliphatic heterocycles. The summed E-state index contributed by atoms with van der Waals surface area (Å²) in [5.41, 5.74) is 3.01. The van der Waals surface area contributed by atoms with Gasteiger partial charge in [0.2, 0.25) is 0 Å². The summed E-state index contributed by atoms with van der Waals surface area (Å²) in [4.78, 5) is 2.23. The average molecular weight is 408 g/mol. The summed E-state index contributed by atoms with van der Waals surface area (Å²) >= 11 is 0. The van der Waals surface area contributed by atoms with Crippen molar-refractivity contribution in [2.75, 3.05) is 39.1 Å². The summed E-state index contributed by atoms with van der Waals surface area (Å²) in [6.45, 7) is 4.15. The summed E-state index contributed by atoms with van der Waals surface area (Å²) in [5, 5.41) is 12.4. The van der Waals surface area contributed by atoms with Gasteiger partial charge in [-0.05, 0) is 52.0 Å². The molecule has 0 bridgehead atoms. The van der Waals surface area contributed by atoms with Gasteiger partial charge in [-0.3, -0.25) is 10.6 Å². The number of hydrogen-bond donors (Lipinski definition) is 4. The van der Waals surface area contributed by atoms with Crippen molar-refractivity contribution >= 4 is 11.3 Å². The van der Waals surface area contributed by atoms with Gasteiger partial charge in [0, 0.05) is 24.6 Å². The molecule has 4 unspecified atom stereocenters. The third-order valence-corrected chi connectivity index (χ3v) is 6.05. The minimum absolute atomic E-state index is 0.305. The van der Waals surface area contributed by atoms with Crippen molar-refractivity contribution in [2.24, 2.45) is 0 Å². The second-order valence-corrected chi connectivity index (χ2v) is 8.21. The molecule has 29 heavy (non-hydrogen) atoms. The second-order valence-electron chi connectivity index (χ2n) is 8.21. The van der Waals surface area contributed by atoms with Crippen molar-refractivity contribution in [3.05, 3.63) is 29.1 Å². The van der Waals surface area contributed by atoms with E-state index in [0.29, 0.717) is 23.6 Å². The van der Waals surface area contributed by atoms with Gasteiger partial charge in [0.25, 0.3) is 0 Å². The molecule has 4 N–H and O–H groups in total. The molecule has 0 radical (unpaired) electrons. The highest BCUT2D eigenvalue weighted by Gasteiger charge is 2.35. The normalized spacial score (nSPS) is 30.3. The van der Waals surface area contributed by atoms with Gasteiger partial charge in [-0.15, -0.1) is 0 Å². The Hall–Kier alpha value is -1.74. The van der Waals surface area contributed by atoms with Gasteiger partial charge in [-0.1, -0.05) is 6.08 Å². The van der Waals surface area contributed by atoms with Gasteiger partial charge in [0.15, 0.2) is 5.82 Å². The Balaban J connectivity index is 1.65. The highest BCUT2D eigenvalue weighted by molar-refractivity contribution is 5.77. The number of likely N-dealkylation sites (N-methyl/N-ethyl adjacent to an activating group) is 1. The molecule has 4 rings (SSSR count). The molecule has 8 heteroatoms. The van der Waals surface area contributed by atoms with Gasteiger partial charge in [-0.2, -0.15) is 0 Å². The average Bonchev–Trinajstić information content (AvgIpc) is 3.05. The first-order valence-corrected chi connectivity index (χ1v) is 10.4. The molecule has 0 saturated carbocycles. The van der Waals surface area contributed by atoms with Crippen molar-refractivity contribution < 1.29 is 13.5 Å². The SMILES string of the molecule is CNC1NC(Nc2cc3c(c(C4=CCN(C)CCC4)c2F)OCC3)NC(C)C1F. The first-order valence-electron chi connectivity index (χ1n) is 10.4. The van der Waals surface area contributed by atoms with Crippen molar-refractivity contribution in [2.45, 2.75) is 50.9 Å². The van der Waals surface area contributed by atoms with Gasteiger partial charge < -0.3 is 20.3 Å². The zero-order valence-electron chi connectivity index (χ0n) is 17.3. The molecule has 1 saturated heterocycles. The van der Waals surface area contributed by atoms with Crippen molar-refractivity contribution in [3.63, 3.8) is 0 Å². The fraction of sp³-hybridized carbons (Fsp3) is 0.619. The third kappa shape index (κ3) is 4.12. The Bertz CT molecular complexity index is 787. The van der Waals surface area contributed by atoms with E-state index in [4.69, 9.17) is 4.74 Å². The predicted molar refractivity (Wildman–Crippen MR) is 111 cm³/mol. The van der Waals surface area contributed by atoms with Crippen molar-refractivity contribution in [1.82, 2.24) is 20.9 Å². The molecule has 0 amide bonds. The molecule has 1 aromatic rings. The van der Waals surface area contributed by atoms with Crippen LogP contribution in [0.25, 0.3) is 5.57 Å². The molecule has 160 valence electrons. The van der Waals surface area contributed by atoms with Crippen molar-refractivity contribution in [3.8, 4) is 5.75 Å². The van der Waals surface area contributed by atoms with Gasteiger partial charge in [0.1, 0.15) is 18.2 Å². The fourth-order valence-electron chi connectivity index (χ4n) is 4.37. The monoisotopic (exact) mass is 407 g/mol. The molecule has 6 nitrogen and oxygen atoms in total. The summed E-state index contributed by atoms with van der Waals surface area (Å²) < 4.78 is 35.8. The van der Waals surface area contributed by atoms with Crippen LogP contribution in [0.4, 0.5) is 14.5 Å². The molecule has 0 aliphatic carbocycles. The third-order valence-electron chi connectivity index (χ3n) is 6.05. The number of anilines is 1. The number of halogens is 2. The number of rotatable bonds is 4. The zero-order chi connectivity index (χ0) is 20.5. The zero-order valence-corrected chi connectivity index (χ0v) is 17.3. The number of alkyl halides is 1.